The molecule has 0 spiro atoms. The molecule has 2 saturated carbocycles. The SMILES string of the molecule is [C-]#[N+]CC1(CC)CC1.[C-]#[N+]CC1(CO)CC1. The molecule has 0 radical (unpaired) electrons. The Hall–Kier alpha value is -1.06. The van der Waals surface area contributed by atoms with E-state index in [-0.39, 0.29) is 12.0 Å². The number of hydrogen-bond acceptors (Lipinski definition) is 1. The summed E-state index contributed by atoms with van der Waals surface area (Å²) in [5, 5.41) is 8.64. The Morgan fingerprint density at radius 1 is 1.00 bits per heavy atom. The fourth-order valence-electron chi connectivity index (χ4n) is 1.68. The molecule has 0 heterocycles. The van der Waals surface area contributed by atoms with Gasteiger partial charge in [-0.1, -0.05) is 6.92 Å². The molecule has 0 aromatic rings. The van der Waals surface area contributed by atoms with Gasteiger partial charge in [-0.3, -0.25) is 0 Å². The van der Waals surface area contributed by atoms with E-state index in [4.69, 9.17) is 18.3 Å². The summed E-state index contributed by atoms with van der Waals surface area (Å²) in [6.45, 7) is 16.8. The lowest BCUT2D eigenvalue weighted by molar-refractivity contribution is 0.222. The molecule has 2 fully saturated rings. The molecule has 2 aliphatic rings. The van der Waals surface area contributed by atoms with Crippen molar-refractivity contribution < 1.29 is 5.11 Å². The standard InChI is InChI=1S/C7H11N.C6H9NO/c1-3-7(4-5-7)6-8-2;1-7-4-6(5-8)2-3-6/h3-6H2,1H3;8H,2-5H2. The Balaban J connectivity index is 0.000000160. The molecular weight excluding hydrogens is 200 g/mol. The van der Waals surface area contributed by atoms with Gasteiger partial charge >= 0.3 is 0 Å². The summed E-state index contributed by atoms with van der Waals surface area (Å²) in [5.41, 5.74) is 0.531. The zero-order chi connectivity index (χ0) is 12.1. The van der Waals surface area contributed by atoms with Crippen LogP contribution < -0.4 is 0 Å². The summed E-state index contributed by atoms with van der Waals surface area (Å²) < 4.78 is 0. The Bertz CT molecular complexity index is 271. The lowest BCUT2D eigenvalue weighted by Gasteiger charge is -1.99. The van der Waals surface area contributed by atoms with E-state index in [9.17, 15) is 0 Å². The minimum absolute atomic E-state index is 0.0434. The zero-order valence-corrected chi connectivity index (χ0v) is 10.00. The lowest BCUT2D eigenvalue weighted by Crippen LogP contribution is -2.08. The molecule has 1 N–H and O–H groups in total. The highest BCUT2D eigenvalue weighted by Gasteiger charge is 2.45. The highest BCUT2D eigenvalue weighted by molar-refractivity contribution is 4.97. The molecule has 16 heavy (non-hydrogen) atoms. The van der Waals surface area contributed by atoms with E-state index in [1.165, 1.54) is 19.3 Å². The van der Waals surface area contributed by atoms with Crippen LogP contribution in [0.2, 0.25) is 0 Å². The Kier molecular flexibility index (Phi) is 4.33. The fraction of sp³-hybridized carbons (Fsp3) is 0.846. The molecule has 88 valence electrons. The Morgan fingerprint density at radius 3 is 1.56 bits per heavy atom. The number of rotatable bonds is 4. The molecule has 0 unspecified atom stereocenters. The van der Waals surface area contributed by atoms with Gasteiger partial charge in [0.25, 0.3) is 0 Å². The normalized spacial score (nSPS) is 22.0. The quantitative estimate of drug-likeness (QED) is 0.725. The van der Waals surface area contributed by atoms with Gasteiger partial charge in [-0.15, -0.1) is 0 Å². The van der Waals surface area contributed by atoms with Crippen molar-refractivity contribution in [1.82, 2.24) is 0 Å². The van der Waals surface area contributed by atoms with E-state index in [1.807, 2.05) is 0 Å². The Morgan fingerprint density at radius 2 is 1.44 bits per heavy atom. The van der Waals surface area contributed by atoms with Crippen molar-refractivity contribution >= 4 is 0 Å². The van der Waals surface area contributed by atoms with Crippen LogP contribution in [-0.4, -0.2) is 24.8 Å². The summed E-state index contributed by atoms with van der Waals surface area (Å²) in [6, 6.07) is 0. The average Bonchev–Trinajstić information content (AvgIpc) is 3.18. The number of hydrogen-bond donors (Lipinski definition) is 1. The Labute approximate surface area is 98.1 Å². The van der Waals surface area contributed by atoms with Gasteiger partial charge in [-0.05, 0) is 32.1 Å². The zero-order valence-electron chi connectivity index (χ0n) is 10.00. The van der Waals surface area contributed by atoms with Crippen molar-refractivity contribution in [3.05, 3.63) is 22.8 Å². The highest BCUT2D eigenvalue weighted by Crippen LogP contribution is 2.48. The lowest BCUT2D eigenvalue weighted by atomic mass is 10.1. The van der Waals surface area contributed by atoms with Crippen LogP contribution in [0.1, 0.15) is 39.0 Å². The van der Waals surface area contributed by atoms with Crippen LogP contribution in [-0.2, 0) is 0 Å². The smallest absolute Gasteiger partial charge is 0.222 e. The topological polar surface area (TPSA) is 29.0 Å². The van der Waals surface area contributed by atoms with Gasteiger partial charge in [0.1, 0.15) is 0 Å². The third-order valence-corrected chi connectivity index (χ3v) is 3.83. The maximum Gasteiger partial charge on any atom is 0.222 e. The predicted molar refractivity (Wildman–Crippen MR) is 63.6 cm³/mol. The summed E-state index contributed by atoms with van der Waals surface area (Å²) in [5.74, 6) is 0. The van der Waals surface area contributed by atoms with Gasteiger partial charge in [-0.25, -0.2) is 13.1 Å². The van der Waals surface area contributed by atoms with Crippen molar-refractivity contribution in [3.63, 3.8) is 0 Å². The van der Waals surface area contributed by atoms with Crippen molar-refractivity contribution in [3.8, 4) is 0 Å². The third kappa shape index (κ3) is 3.51. The molecule has 3 nitrogen and oxygen atoms in total. The molecule has 0 atom stereocenters. The van der Waals surface area contributed by atoms with Crippen molar-refractivity contribution in [2.24, 2.45) is 10.8 Å². The average molecular weight is 220 g/mol. The van der Waals surface area contributed by atoms with Crippen LogP contribution in [0.3, 0.4) is 0 Å². The molecule has 0 aromatic carbocycles. The molecule has 3 heteroatoms. The maximum absolute atomic E-state index is 8.64. The molecule has 0 bridgehead atoms. The first-order valence-corrected chi connectivity index (χ1v) is 5.93. The van der Waals surface area contributed by atoms with E-state index in [2.05, 4.69) is 16.6 Å². The molecule has 0 aromatic heterocycles. The van der Waals surface area contributed by atoms with Crippen molar-refractivity contribution in [2.45, 2.75) is 39.0 Å². The largest absolute Gasteiger partial charge is 0.395 e. The monoisotopic (exact) mass is 220 g/mol. The first-order valence-electron chi connectivity index (χ1n) is 5.93. The minimum Gasteiger partial charge on any atom is -0.395 e. The number of aliphatic hydroxyl groups excluding tert-OH is 1. The molecule has 0 aliphatic heterocycles. The predicted octanol–water partition coefficient (Wildman–Crippen LogP) is 2.77. The fourth-order valence-corrected chi connectivity index (χ4v) is 1.68. The van der Waals surface area contributed by atoms with Crippen LogP contribution in [0.25, 0.3) is 9.69 Å². The third-order valence-electron chi connectivity index (χ3n) is 3.83. The first-order chi connectivity index (χ1) is 7.66. The van der Waals surface area contributed by atoms with Crippen molar-refractivity contribution in [2.75, 3.05) is 19.7 Å². The van der Waals surface area contributed by atoms with Crippen LogP contribution in [0, 0.1) is 24.0 Å². The summed E-state index contributed by atoms with van der Waals surface area (Å²) in [4.78, 5) is 6.62. The number of aliphatic hydroxyl groups is 1. The molecule has 2 rings (SSSR count). The molecular formula is C13H20N2O. The summed E-state index contributed by atoms with van der Waals surface area (Å²) in [7, 11) is 0. The van der Waals surface area contributed by atoms with Gasteiger partial charge < -0.3 is 14.8 Å². The van der Waals surface area contributed by atoms with Gasteiger partial charge in [0.15, 0.2) is 0 Å². The van der Waals surface area contributed by atoms with Crippen LogP contribution in [0.15, 0.2) is 0 Å². The van der Waals surface area contributed by atoms with Gasteiger partial charge in [0, 0.05) is 5.41 Å². The summed E-state index contributed by atoms with van der Waals surface area (Å²) in [6.07, 6.45) is 5.89. The van der Waals surface area contributed by atoms with E-state index >= 15 is 0 Å². The molecule has 0 amide bonds. The van der Waals surface area contributed by atoms with Crippen molar-refractivity contribution in [1.29, 1.82) is 0 Å². The van der Waals surface area contributed by atoms with Gasteiger partial charge in [-0.2, -0.15) is 0 Å². The first kappa shape index (κ1) is 13.0. The highest BCUT2D eigenvalue weighted by atomic mass is 16.3. The van der Waals surface area contributed by atoms with Crippen LogP contribution >= 0.6 is 0 Å². The molecule has 2 aliphatic carbocycles. The maximum atomic E-state index is 8.64. The van der Waals surface area contributed by atoms with Gasteiger partial charge in [0.05, 0.1) is 12.0 Å². The van der Waals surface area contributed by atoms with E-state index in [0.29, 0.717) is 12.0 Å². The second kappa shape index (κ2) is 5.32. The summed E-state index contributed by atoms with van der Waals surface area (Å²) >= 11 is 0. The second-order valence-corrected chi connectivity index (χ2v) is 5.14. The van der Waals surface area contributed by atoms with E-state index in [1.54, 1.807) is 0 Å². The van der Waals surface area contributed by atoms with Gasteiger partial charge in [0.2, 0.25) is 13.1 Å². The second-order valence-electron chi connectivity index (χ2n) is 5.14. The van der Waals surface area contributed by atoms with Crippen LogP contribution in [0.5, 0.6) is 0 Å². The number of nitrogens with zero attached hydrogens (tertiary/aromatic N) is 2. The van der Waals surface area contributed by atoms with E-state index in [0.717, 1.165) is 19.4 Å². The van der Waals surface area contributed by atoms with Crippen LogP contribution in [0.4, 0.5) is 0 Å². The van der Waals surface area contributed by atoms with E-state index < -0.39 is 0 Å². The minimum atomic E-state index is 0.0434. The molecule has 0 saturated heterocycles.